The maximum Gasteiger partial charge on any atom is 0.230 e. The highest BCUT2D eigenvalue weighted by Gasteiger charge is 2.34. The second kappa shape index (κ2) is 4.90. The van der Waals surface area contributed by atoms with E-state index < -0.39 is 0 Å². The lowest BCUT2D eigenvalue weighted by atomic mass is 10.0. The molecule has 2 heterocycles. The zero-order valence-electron chi connectivity index (χ0n) is 9.65. The van der Waals surface area contributed by atoms with Crippen LogP contribution >= 0.6 is 0 Å². The van der Waals surface area contributed by atoms with Gasteiger partial charge in [-0.3, -0.25) is 0 Å². The summed E-state index contributed by atoms with van der Waals surface area (Å²) in [6.07, 6.45) is 0.916. The molecule has 16 heavy (non-hydrogen) atoms. The molecule has 1 aliphatic rings. The Hall–Kier alpha value is -0.980. The summed E-state index contributed by atoms with van der Waals surface area (Å²) in [7, 11) is 1.72. The highest BCUT2D eigenvalue weighted by molar-refractivity contribution is 4.88. The van der Waals surface area contributed by atoms with Crippen molar-refractivity contribution >= 4 is 0 Å². The Bertz CT molecular complexity index is 334. The molecule has 1 saturated heterocycles. The monoisotopic (exact) mass is 227 g/mol. The summed E-state index contributed by atoms with van der Waals surface area (Å²) in [6.45, 7) is 4.46. The van der Waals surface area contributed by atoms with Crippen LogP contribution in [0, 0.1) is 6.92 Å². The van der Waals surface area contributed by atoms with Crippen molar-refractivity contribution in [3.63, 3.8) is 0 Å². The lowest BCUT2D eigenvalue weighted by Crippen LogP contribution is -2.42. The molecule has 0 radical (unpaired) electrons. The number of aryl methyl sites for hydroxylation is 1. The predicted octanol–water partition coefficient (Wildman–Crippen LogP) is 0.273. The lowest BCUT2D eigenvalue weighted by Gasteiger charge is -2.25. The molecular formula is C10H17N3O3. The summed E-state index contributed by atoms with van der Waals surface area (Å²) in [5, 5.41) is 10.9. The van der Waals surface area contributed by atoms with E-state index in [0.29, 0.717) is 24.9 Å². The number of rotatable bonds is 5. The van der Waals surface area contributed by atoms with Gasteiger partial charge in [0.2, 0.25) is 11.8 Å². The largest absolute Gasteiger partial charge is 0.424 e. The fraction of sp³-hybridized carbons (Fsp3) is 0.800. The molecule has 0 saturated carbocycles. The van der Waals surface area contributed by atoms with E-state index >= 15 is 0 Å². The smallest absolute Gasteiger partial charge is 0.230 e. The van der Waals surface area contributed by atoms with Crippen LogP contribution in [0.1, 0.15) is 18.2 Å². The van der Waals surface area contributed by atoms with Gasteiger partial charge in [-0.2, -0.15) is 0 Å². The molecule has 1 atom stereocenters. The van der Waals surface area contributed by atoms with E-state index in [1.54, 1.807) is 14.0 Å². The van der Waals surface area contributed by atoms with Gasteiger partial charge in [-0.15, -0.1) is 10.2 Å². The van der Waals surface area contributed by atoms with Gasteiger partial charge in [-0.05, 0) is 0 Å². The van der Waals surface area contributed by atoms with Gasteiger partial charge in [-0.1, -0.05) is 0 Å². The first-order valence-corrected chi connectivity index (χ1v) is 5.37. The zero-order chi connectivity index (χ0) is 11.4. The molecule has 1 aromatic heterocycles. The topological polar surface area (TPSA) is 69.4 Å². The third-order valence-electron chi connectivity index (χ3n) is 2.79. The van der Waals surface area contributed by atoms with Crippen LogP contribution in [0.25, 0.3) is 0 Å². The van der Waals surface area contributed by atoms with Crippen molar-refractivity contribution in [2.75, 3.05) is 26.9 Å². The van der Waals surface area contributed by atoms with Gasteiger partial charge in [-0.25, -0.2) is 0 Å². The van der Waals surface area contributed by atoms with Gasteiger partial charge >= 0.3 is 0 Å². The van der Waals surface area contributed by atoms with Crippen molar-refractivity contribution in [3.05, 3.63) is 11.8 Å². The van der Waals surface area contributed by atoms with Crippen LogP contribution in [0.2, 0.25) is 0 Å². The summed E-state index contributed by atoms with van der Waals surface area (Å²) in [4.78, 5) is 0. The fourth-order valence-corrected chi connectivity index (χ4v) is 1.77. The summed E-state index contributed by atoms with van der Waals surface area (Å²) < 4.78 is 16.1. The highest BCUT2D eigenvalue weighted by Crippen LogP contribution is 2.21. The second-order valence-corrected chi connectivity index (χ2v) is 4.01. The van der Waals surface area contributed by atoms with Gasteiger partial charge in [0.05, 0.1) is 13.2 Å². The average molecular weight is 227 g/mol. The molecule has 6 heteroatoms. The van der Waals surface area contributed by atoms with Crippen molar-refractivity contribution in [2.24, 2.45) is 0 Å². The lowest BCUT2D eigenvalue weighted by molar-refractivity contribution is -0.0162. The van der Waals surface area contributed by atoms with Crippen molar-refractivity contribution in [1.29, 1.82) is 0 Å². The Morgan fingerprint density at radius 1 is 1.50 bits per heavy atom. The first kappa shape index (κ1) is 11.5. The third kappa shape index (κ3) is 2.58. The van der Waals surface area contributed by atoms with Crippen LogP contribution in [0.5, 0.6) is 0 Å². The first-order valence-electron chi connectivity index (χ1n) is 5.37. The minimum absolute atomic E-state index is 0.199. The minimum atomic E-state index is -0.199. The van der Waals surface area contributed by atoms with Crippen molar-refractivity contribution in [3.8, 4) is 0 Å². The van der Waals surface area contributed by atoms with Gasteiger partial charge in [0.1, 0.15) is 5.60 Å². The Balaban J connectivity index is 1.78. The SMILES string of the molecule is COC1(CNCc2nnc(C)o2)CCOC1. The van der Waals surface area contributed by atoms with E-state index in [2.05, 4.69) is 15.5 Å². The van der Waals surface area contributed by atoms with E-state index in [1.807, 2.05) is 0 Å². The standard InChI is InChI=1S/C10H17N3O3/c1-8-12-13-9(16-8)5-11-6-10(14-2)3-4-15-7-10/h11H,3-7H2,1-2H3. The van der Waals surface area contributed by atoms with Crippen LogP contribution in [-0.2, 0) is 16.0 Å². The molecule has 1 aromatic rings. The second-order valence-electron chi connectivity index (χ2n) is 4.01. The number of ether oxygens (including phenoxy) is 2. The van der Waals surface area contributed by atoms with Gasteiger partial charge in [0.15, 0.2) is 0 Å². The number of nitrogens with zero attached hydrogens (tertiary/aromatic N) is 2. The van der Waals surface area contributed by atoms with E-state index in [0.717, 1.165) is 19.6 Å². The molecular weight excluding hydrogens is 210 g/mol. The van der Waals surface area contributed by atoms with Crippen LogP contribution < -0.4 is 5.32 Å². The van der Waals surface area contributed by atoms with Crippen molar-refractivity contribution < 1.29 is 13.9 Å². The number of hydrogen-bond donors (Lipinski definition) is 1. The maximum atomic E-state index is 5.49. The van der Waals surface area contributed by atoms with E-state index in [4.69, 9.17) is 13.9 Å². The van der Waals surface area contributed by atoms with Crippen molar-refractivity contribution in [2.45, 2.75) is 25.5 Å². The molecule has 1 unspecified atom stereocenters. The summed E-state index contributed by atoms with van der Waals surface area (Å²) in [5.74, 6) is 1.19. The molecule has 0 aliphatic carbocycles. The minimum Gasteiger partial charge on any atom is -0.424 e. The number of hydrogen-bond acceptors (Lipinski definition) is 6. The maximum absolute atomic E-state index is 5.49. The summed E-state index contributed by atoms with van der Waals surface area (Å²) in [6, 6.07) is 0. The van der Waals surface area contributed by atoms with Crippen LogP contribution in [-0.4, -0.2) is 42.7 Å². The Kier molecular flexibility index (Phi) is 3.52. The number of methoxy groups -OCH3 is 1. The highest BCUT2D eigenvalue weighted by atomic mass is 16.5. The van der Waals surface area contributed by atoms with Gasteiger partial charge in [0.25, 0.3) is 0 Å². The molecule has 0 bridgehead atoms. The van der Waals surface area contributed by atoms with E-state index in [1.165, 1.54) is 0 Å². The normalized spacial score (nSPS) is 25.1. The van der Waals surface area contributed by atoms with Gasteiger partial charge < -0.3 is 19.2 Å². The molecule has 6 nitrogen and oxygen atoms in total. The van der Waals surface area contributed by atoms with Crippen LogP contribution in [0.15, 0.2) is 4.42 Å². The first-order chi connectivity index (χ1) is 7.74. The Morgan fingerprint density at radius 3 is 2.94 bits per heavy atom. The van der Waals surface area contributed by atoms with Crippen LogP contribution in [0.3, 0.4) is 0 Å². The summed E-state index contributed by atoms with van der Waals surface area (Å²) >= 11 is 0. The third-order valence-corrected chi connectivity index (χ3v) is 2.79. The molecule has 0 spiro atoms. The molecule has 1 N–H and O–H groups in total. The fourth-order valence-electron chi connectivity index (χ4n) is 1.77. The molecule has 0 amide bonds. The zero-order valence-corrected chi connectivity index (χ0v) is 9.65. The molecule has 0 aromatic carbocycles. The molecule has 90 valence electrons. The van der Waals surface area contributed by atoms with Crippen LogP contribution in [0.4, 0.5) is 0 Å². The Morgan fingerprint density at radius 2 is 2.38 bits per heavy atom. The molecule has 1 fully saturated rings. The predicted molar refractivity (Wildman–Crippen MR) is 55.9 cm³/mol. The Labute approximate surface area is 94.3 Å². The van der Waals surface area contributed by atoms with Crippen molar-refractivity contribution in [1.82, 2.24) is 15.5 Å². The quantitative estimate of drug-likeness (QED) is 0.778. The molecule has 2 rings (SSSR count). The van der Waals surface area contributed by atoms with E-state index in [-0.39, 0.29) is 5.60 Å². The number of nitrogens with one attached hydrogen (secondary N) is 1. The van der Waals surface area contributed by atoms with E-state index in [9.17, 15) is 0 Å². The number of aromatic nitrogens is 2. The van der Waals surface area contributed by atoms with Gasteiger partial charge in [0, 0.05) is 33.6 Å². The molecule has 1 aliphatic heterocycles. The summed E-state index contributed by atoms with van der Waals surface area (Å²) in [5.41, 5.74) is -0.199. The average Bonchev–Trinajstić information content (AvgIpc) is 2.89.